The molecule has 0 radical (unpaired) electrons. The van der Waals surface area contributed by atoms with Crippen LogP contribution in [0.1, 0.15) is 5.82 Å². The smallest absolute Gasteiger partial charge is 0.251 e. The Hall–Kier alpha value is -1.82. The Morgan fingerprint density at radius 1 is 1.15 bits per heavy atom. The average molecular weight is 281 g/mol. The molecule has 3 nitrogen and oxygen atoms in total. The molecule has 0 saturated carbocycles. The second kappa shape index (κ2) is 5.28. The van der Waals surface area contributed by atoms with Crippen molar-refractivity contribution >= 4 is 0 Å². The summed E-state index contributed by atoms with van der Waals surface area (Å²) in [5.74, 6) is 0.483. The molecule has 0 atom stereocenters. The summed E-state index contributed by atoms with van der Waals surface area (Å²) >= 11 is 0. The van der Waals surface area contributed by atoms with Gasteiger partial charge in [-0.25, -0.2) is 18.2 Å². The summed E-state index contributed by atoms with van der Waals surface area (Å²) in [7, 11) is 0. The lowest BCUT2D eigenvalue weighted by atomic mass is 10.2. The minimum absolute atomic E-state index is 0.223. The van der Waals surface area contributed by atoms with Crippen LogP contribution in [0.3, 0.4) is 0 Å². The van der Waals surface area contributed by atoms with Crippen LogP contribution < -0.4 is 0 Å². The van der Waals surface area contributed by atoms with Gasteiger partial charge in [0.05, 0.1) is 18.8 Å². The van der Waals surface area contributed by atoms with E-state index in [2.05, 4.69) is 4.98 Å². The van der Waals surface area contributed by atoms with Crippen molar-refractivity contribution in [2.45, 2.75) is 19.5 Å². The number of rotatable bonds is 3. The first-order valence-corrected chi connectivity index (χ1v) is 6.44. The lowest BCUT2D eigenvalue weighted by Gasteiger charge is -2.26. The largest absolute Gasteiger partial charge is 0.332 e. The Labute approximate surface area is 114 Å². The topological polar surface area (TPSA) is 21.1 Å². The van der Waals surface area contributed by atoms with E-state index in [9.17, 15) is 13.2 Å². The Morgan fingerprint density at radius 3 is 2.60 bits per heavy atom. The van der Waals surface area contributed by atoms with E-state index in [0.717, 1.165) is 17.1 Å². The number of nitrogens with zero attached hydrogens (tertiary/aromatic N) is 3. The Kier molecular flexibility index (Phi) is 3.48. The number of hydrogen-bond donors (Lipinski definition) is 0. The third-order valence-electron chi connectivity index (χ3n) is 3.42. The molecule has 0 bridgehead atoms. The van der Waals surface area contributed by atoms with E-state index in [-0.39, 0.29) is 12.4 Å². The highest BCUT2D eigenvalue weighted by molar-refractivity contribution is 5.58. The first-order valence-electron chi connectivity index (χ1n) is 6.44. The highest BCUT2D eigenvalue weighted by Gasteiger charge is 2.21. The number of aromatic nitrogens is 2. The molecule has 1 aliphatic rings. The van der Waals surface area contributed by atoms with Crippen molar-refractivity contribution in [2.24, 2.45) is 0 Å². The molecule has 0 aliphatic carbocycles. The van der Waals surface area contributed by atoms with E-state index >= 15 is 0 Å². The molecule has 0 N–H and O–H groups in total. The average Bonchev–Trinajstić information content (AvgIpc) is 2.81. The zero-order valence-electron chi connectivity index (χ0n) is 10.8. The maximum absolute atomic E-state index is 12.9. The second-order valence-electron chi connectivity index (χ2n) is 4.87. The first-order chi connectivity index (χ1) is 9.61. The van der Waals surface area contributed by atoms with E-state index in [4.69, 9.17) is 0 Å². The zero-order valence-corrected chi connectivity index (χ0v) is 10.8. The summed E-state index contributed by atoms with van der Waals surface area (Å²) in [6.07, 6.45) is -0.435. The van der Waals surface area contributed by atoms with Gasteiger partial charge < -0.3 is 4.57 Å². The SMILES string of the molecule is Fc1ccc(-c2cn3c(n2)CN(CC(F)F)CC3)cc1. The molecule has 1 aliphatic heterocycles. The van der Waals surface area contributed by atoms with Crippen molar-refractivity contribution in [1.29, 1.82) is 0 Å². The molecule has 0 unspecified atom stereocenters. The summed E-state index contributed by atoms with van der Waals surface area (Å²) in [5.41, 5.74) is 1.58. The monoisotopic (exact) mass is 281 g/mol. The number of hydrogen-bond acceptors (Lipinski definition) is 2. The highest BCUT2D eigenvalue weighted by atomic mass is 19.3. The summed E-state index contributed by atoms with van der Waals surface area (Å²) in [6.45, 7) is 1.44. The summed E-state index contributed by atoms with van der Waals surface area (Å²) in [6, 6.07) is 6.11. The molecule has 1 aromatic heterocycles. The van der Waals surface area contributed by atoms with Crippen molar-refractivity contribution < 1.29 is 13.2 Å². The van der Waals surface area contributed by atoms with Crippen LogP contribution in [0.2, 0.25) is 0 Å². The van der Waals surface area contributed by atoms with E-state index in [1.165, 1.54) is 12.1 Å². The van der Waals surface area contributed by atoms with Gasteiger partial charge in [-0.15, -0.1) is 0 Å². The highest BCUT2D eigenvalue weighted by Crippen LogP contribution is 2.22. The fraction of sp³-hybridized carbons (Fsp3) is 0.357. The minimum Gasteiger partial charge on any atom is -0.332 e. The maximum atomic E-state index is 12.9. The normalized spacial score (nSPS) is 15.6. The molecule has 0 fully saturated rings. The second-order valence-corrected chi connectivity index (χ2v) is 4.87. The predicted molar refractivity (Wildman–Crippen MR) is 68.9 cm³/mol. The van der Waals surface area contributed by atoms with Crippen molar-refractivity contribution in [2.75, 3.05) is 13.1 Å². The molecule has 0 saturated heterocycles. The van der Waals surface area contributed by atoms with Crippen LogP contribution in [0.4, 0.5) is 13.2 Å². The quantitative estimate of drug-likeness (QED) is 0.862. The number of halogens is 3. The van der Waals surface area contributed by atoms with Crippen LogP contribution in [0.15, 0.2) is 30.5 Å². The van der Waals surface area contributed by atoms with Gasteiger partial charge in [0, 0.05) is 24.8 Å². The molecule has 106 valence electrons. The fourth-order valence-electron chi connectivity index (χ4n) is 2.41. The van der Waals surface area contributed by atoms with Gasteiger partial charge >= 0.3 is 0 Å². The molecule has 1 aromatic carbocycles. The number of imidazole rings is 1. The van der Waals surface area contributed by atoms with Crippen molar-refractivity contribution in [1.82, 2.24) is 14.5 Å². The molecule has 3 rings (SSSR count). The van der Waals surface area contributed by atoms with E-state index in [0.29, 0.717) is 19.6 Å². The molecule has 20 heavy (non-hydrogen) atoms. The molecular formula is C14H14F3N3. The summed E-state index contributed by atoms with van der Waals surface area (Å²) in [5, 5.41) is 0. The van der Waals surface area contributed by atoms with Gasteiger partial charge in [0.2, 0.25) is 0 Å². The minimum atomic E-state index is -2.33. The van der Waals surface area contributed by atoms with Gasteiger partial charge in [0.25, 0.3) is 6.43 Å². The number of alkyl halides is 2. The van der Waals surface area contributed by atoms with Crippen LogP contribution in [0.5, 0.6) is 0 Å². The molecule has 0 spiro atoms. The summed E-state index contributed by atoms with van der Waals surface area (Å²) < 4.78 is 39.7. The Morgan fingerprint density at radius 2 is 1.90 bits per heavy atom. The number of benzene rings is 1. The molecule has 0 amide bonds. The van der Waals surface area contributed by atoms with Crippen LogP contribution in [-0.4, -0.2) is 34.0 Å². The first kappa shape index (κ1) is 13.2. The van der Waals surface area contributed by atoms with E-state index in [1.54, 1.807) is 17.0 Å². The van der Waals surface area contributed by atoms with Gasteiger partial charge in [-0.05, 0) is 24.3 Å². The van der Waals surface area contributed by atoms with Crippen molar-refractivity contribution in [3.63, 3.8) is 0 Å². The predicted octanol–water partition coefficient (Wildman–Crippen LogP) is 2.77. The number of fused-ring (bicyclic) bond motifs is 1. The van der Waals surface area contributed by atoms with E-state index < -0.39 is 6.43 Å². The zero-order chi connectivity index (χ0) is 14.1. The maximum Gasteiger partial charge on any atom is 0.251 e. The van der Waals surface area contributed by atoms with Gasteiger partial charge in [-0.1, -0.05) is 0 Å². The van der Waals surface area contributed by atoms with Crippen molar-refractivity contribution in [3.05, 3.63) is 42.1 Å². The van der Waals surface area contributed by atoms with Gasteiger partial charge in [-0.2, -0.15) is 0 Å². The van der Waals surface area contributed by atoms with Gasteiger partial charge in [-0.3, -0.25) is 4.90 Å². The lowest BCUT2D eigenvalue weighted by Crippen LogP contribution is -2.36. The third kappa shape index (κ3) is 2.70. The molecule has 6 heteroatoms. The van der Waals surface area contributed by atoms with Gasteiger partial charge in [0.1, 0.15) is 11.6 Å². The van der Waals surface area contributed by atoms with Crippen LogP contribution in [0.25, 0.3) is 11.3 Å². The van der Waals surface area contributed by atoms with Crippen LogP contribution in [0, 0.1) is 5.82 Å². The molecular weight excluding hydrogens is 267 g/mol. The van der Waals surface area contributed by atoms with Crippen molar-refractivity contribution in [3.8, 4) is 11.3 Å². The third-order valence-corrected chi connectivity index (χ3v) is 3.42. The molecule has 2 heterocycles. The van der Waals surface area contributed by atoms with Gasteiger partial charge in [0.15, 0.2) is 0 Å². The fourth-order valence-corrected chi connectivity index (χ4v) is 2.41. The van der Waals surface area contributed by atoms with Crippen LogP contribution >= 0.6 is 0 Å². The van der Waals surface area contributed by atoms with Crippen LogP contribution in [-0.2, 0) is 13.1 Å². The lowest BCUT2D eigenvalue weighted by molar-refractivity contribution is 0.0742. The summed E-state index contributed by atoms with van der Waals surface area (Å²) in [4.78, 5) is 6.16. The Balaban J connectivity index is 1.81. The molecule has 2 aromatic rings. The Bertz CT molecular complexity index is 592. The standard InChI is InChI=1S/C14H14F3N3/c15-11-3-1-10(2-4-11)12-7-20-6-5-19(8-13(16)17)9-14(20)18-12/h1-4,7,13H,5-6,8-9H2. The van der Waals surface area contributed by atoms with E-state index in [1.807, 2.05) is 10.8 Å².